The van der Waals surface area contributed by atoms with Gasteiger partial charge in [0.15, 0.2) is 18.9 Å². The highest BCUT2D eigenvalue weighted by atomic mass is 16.7. The molecule has 0 heterocycles. The van der Waals surface area contributed by atoms with Crippen LogP contribution < -0.4 is 14.2 Å². The summed E-state index contributed by atoms with van der Waals surface area (Å²) in [6, 6.07) is 23.0. The molecule has 6 rings (SSSR count). The molecule has 0 amide bonds. The van der Waals surface area contributed by atoms with E-state index in [0.29, 0.717) is 25.6 Å². The number of rotatable bonds is 18. The predicted molar refractivity (Wildman–Crippen MR) is 275 cm³/mol. The van der Waals surface area contributed by atoms with Crippen molar-refractivity contribution in [2.75, 3.05) is 19.8 Å². The normalized spacial score (nSPS) is 13.9. The SMILES string of the molecule is CCOC(C)Oc1c(C)cc(C(c2ccc3cc(C(c4cc(C)c(OC(C)OCC)c(C)c4C)c4cc(C)c(OC(C)OCC)c(C)c4C)ccc3c2)c2cc(C)c(O)c(C)c2C)c(C)c1C. The first-order chi connectivity index (χ1) is 31.7. The number of aryl methyl sites for hydroxylation is 4. The smallest absolute Gasteiger partial charge is 0.196 e. The van der Waals surface area contributed by atoms with Crippen molar-refractivity contribution >= 4 is 10.8 Å². The molecule has 0 aliphatic carbocycles. The minimum absolute atomic E-state index is 0.0891. The Morgan fingerprint density at radius 2 is 0.657 bits per heavy atom. The van der Waals surface area contributed by atoms with E-state index in [1.807, 2.05) is 55.4 Å². The van der Waals surface area contributed by atoms with E-state index in [2.05, 4.69) is 130 Å². The van der Waals surface area contributed by atoms with E-state index in [1.54, 1.807) is 0 Å². The second-order valence-corrected chi connectivity index (χ2v) is 18.6. The van der Waals surface area contributed by atoms with Crippen molar-refractivity contribution in [3.8, 4) is 23.0 Å². The molecule has 6 aromatic rings. The minimum atomic E-state index is -0.363. The van der Waals surface area contributed by atoms with Crippen LogP contribution in [0.4, 0.5) is 0 Å². The van der Waals surface area contributed by atoms with Gasteiger partial charge in [-0.25, -0.2) is 0 Å². The topological polar surface area (TPSA) is 75.6 Å². The molecular weight excluding hydrogens is 833 g/mol. The summed E-state index contributed by atoms with van der Waals surface area (Å²) in [4.78, 5) is 0. The Bertz CT molecular complexity index is 2690. The minimum Gasteiger partial charge on any atom is -0.507 e. The van der Waals surface area contributed by atoms with Crippen LogP contribution in [0.3, 0.4) is 0 Å². The van der Waals surface area contributed by atoms with Crippen molar-refractivity contribution in [3.63, 3.8) is 0 Å². The van der Waals surface area contributed by atoms with Crippen LogP contribution in [0.2, 0.25) is 0 Å². The van der Waals surface area contributed by atoms with Crippen LogP contribution in [0.15, 0.2) is 60.7 Å². The molecule has 0 spiro atoms. The Kier molecular flexibility index (Phi) is 16.2. The highest BCUT2D eigenvalue weighted by molar-refractivity contribution is 5.85. The molecule has 4 atom stereocenters. The van der Waals surface area contributed by atoms with E-state index in [4.69, 9.17) is 28.4 Å². The molecule has 0 aromatic heterocycles. The standard InChI is InChI=1S/C60H76O7/c1-19-62-44(16)65-58-33(5)27-52(37(9)41(58)13)55(51-26-32(4)57(61)40(12)36(51)8)49-24-22-48-31-50(25-23-47(48)30-49)56(53-28-34(6)59(42(14)38(53)10)66-45(17)63-20-2)54-29-35(7)60(43(15)39(54)11)67-46(18)64-21-3/h22-31,44-46,55-56,61H,19-21H2,1-18H3. The maximum absolute atomic E-state index is 11.1. The molecule has 6 aromatic carbocycles. The Balaban J connectivity index is 1.56. The van der Waals surface area contributed by atoms with E-state index in [1.165, 1.54) is 50.1 Å². The average Bonchev–Trinajstić information content (AvgIpc) is 3.29. The molecule has 0 fully saturated rings. The van der Waals surface area contributed by atoms with Crippen molar-refractivity contribution in [2.24, 2.45) is 0 Å². The summed E-state index contributed by atoms with van der Waals surface area (Å²) >= 11 is 0. The third kappa shape index (κ3) is 10.4. The van der Waals surface area contributed by atoms with E-state index in [-0.39, 0.29) is 30.7 Å². The van der Waals surface area contributed by atoms with E-state index in [9.17, 15) is 5.11 Å². The zero-order valence-corrected chi connectivity index (χ0v) is 43.7. The van der Waals surface area contributed by atoms with Gasteiger partial charge in [-0.2, -0.15) is 0 Å². The van der Waals surface area contributed by atoms with Crippen molar-refractivity contribution in [1.29, 1.82) is 0 Å². The van der Waals surface area contributed by atoms with Crippen LogP contribution in [0.1, 0.15) is 154 Å². The predicted octanol–water partition coefficient (Wildman–Crippen LogP) is 14.9. The molecule has 0 radical (unpaired) electrons. The van der Waals surface area contributed by atoms with Gasteiger partial charge in [-0.1, -0.05) is 60.7 Å². The van der Waals surface area contributed by atoms with E-state index < -0.39 is 0 Å². The first kappa shape index (κ1) is 51.1. The van der Waals surface area contributed by atoms with Crippen LogP contribution in [-0.2, 0) is 14.2 Å². The van der Waals surface area contributed by atoms with Crippen LogP contribution in [0.25, 0.3) is 10.8 Å². The van der Waals surface area contributed by atoms with Crippen molar-refractivity contribution in [1.82, 2.24) is 0 Å². The Labute approximate surface area is 401 Å². The highest BCUT2D eigenvalue weighted by Crippen LogP contribution is 2.46. The van der Waals surface area contributed by atoms with Gasteiger partial charge in [0.05, 0.1) is 0 Å². The van der Waals surface area contributed by atoms with Crippen LogP contribution >= 0.6 is 0 Å². The zero-order chi connectivity index (χ0) is 49.2. The highest BCUT2D eigenvalue weighted by Gasteiger charge is 2.29. The number of fused-ring (bicyclic) bond motifs is 1. The molecule has 1 N–H and O–H groups in total. The third-order valence-corrected chi connectivity index (χ3v) is 14.1. The molecule has 0 aliphatic heterocycles. The van der Waals surface area contributed by atoms with Crippen molar-refractivity contribution < 1.29 is 33.5 Å². The summed E-state index contributed by atoms with van der Waals surface area (Å²) in [6.45, 7) is 39.2. The summed E-state index contributed by atoms with van der Waals surface area (Å²) in [5.74, 6) is 2.76. The Hall–Kier alpha value is -5.34. The number of ether oxygens (including phenoxy) is 6. The van der Waals surface area contributed by atoms with Crippen molar-refractivity contribution in [3.05, 3.63) is 161 Å². The summed E-state index contributed by atoms with van der Waals surface area (Å²) in [7, 11) is 0. The monoisotopic (exact) mass is 909 g/mol. The molecule has 0 saturated heterocycles. The molecule has 0 bridgehead atoms. The van der Waals surface area contributed by atoms with Crippen LogP contribution in [0.5, 0.6) is 23.0 Å². The molecule has 0 saturated carbocycles. The van der Waals surface area contributed by atoms with E-state index in [0.717, 1.165) is 78.1 Å². The second kappa shape index (κ2) is 21.3. The first-order valence-corrected chi connectivity index (χ1v) is 24.2. The van der Waals surface area contributed by atoms with Gasteiger partial charge in [0.25, 0.3) is 0 Å². The first-order valence-electron chi connectivity index (χ1n) is 24.2. The number of aromatic hydroxyl groups is 1. The lowest BCUT2D eigenvalue weighted by Gasteiger charge is -2.29. The van der Waals surface area contributed by atoms with Crippen LogP contribution in [-0.4, -0.2) is 43.8 Å². The number of hydrogen-bond acceptors (Lipinski definition) is 7. The van der Waals surface area contributed by atoms with E-state index >= 15 is 0 Å². The lowest BCUT2D eigenvalue weighted by molar-refractivity contribution is -0.0623. The third-order valence-electron chi connectivity index (χ3n) is 14.1. The fourth-order valence-electron chi connectivity index (χ4n) is 10.1. The number of phenols is 1. The zero-order valence-electron chi connectivity index (χ0n) is 43.7. The Morgan fingerprint density at radius 3 is 0.955 bits per heavy atom. The number of hydrogen-bond donors (Lipinski definition) is 1. The molecule has 7 nitrogen and oxygen atoms in total. The summed E-state index contributed by atoms with van der Waals surface area (Å²) in [5.41, 5.74) is 20.2. The van der Waals surface area contributed by atoms with Crippen molar-refractivity contribution in [2.45, 2.75) is 155 Å². The summed E-state index contributed by atoms with van der Waals surface area (Å²) in [5, 5.41) is 13.4. The number of benzene rings is 6. The number of phenolic OH excluding ortho intramolecular Hbond substituents is 1. The molecule has 67 heavy (non-hydrogen) atoms. The van der Waals surface area contributed by atoms with Crippen LogP contribution in [0, 0.1) is 83.1 Å². The molecule has 0 aliphatic rings. The summed E-state index contributed by atoms with van der Waals surface area (Å²) in [6.07, 6.45) is -1.09. The lowest BCUT2D eigenvalue weighted by atomic mass is 9.76. The molecule has 7 heteroatoms. The maximum atomic E-state index is 11.1. The second-order valence-electron chi connectivity index (χ2n) is 18.6. The molecular formula is C60H76O7. The summed E-state index contributed by atoms with van der Waals surface area (Å²) < 4.78 is 36.7. The quantitative estimate of drug-likeness (QED) is 0.0680. The molecule has 358 valence electrons. The van der Waals surface area contributed by atoms with Gasteiger partial charge in [-0.05, 0) is 236 Å². The Morgan fingerprint density at radius 1 is 0.373 bits per heavy atom. The molecule has 4 unspecified atom stereocenters. The lowest BCUT2D eigenvalue weighted by Crippen LogP contribution is -2.19. The average molecular weight is 909 g/mol. The maximum Gasteiger partial charge on any atom is 0.196 e. The largest absolute Gasteiger partial charge is 0.507 e. The van der Waals surface area contributed by atoms with Gasteiger partial charge in [-0.15, -0.1) is 0 Å². The van der Waals surface area contributed by atoms with Gasteiger partial charge >= 0.3 is 0 Å². The van der Waals surface area contributed by atoms with Gasteiger partial charge in [0, 0.05) is 31.7 Å². The fraction of sp³-hybridized carbons (Fsp3) is 0.433. The van der Waals surface area contributed by atoms with Gasteiger partial charge in [0.2, 0.25) is 0 Å². The van der Waals surface area contributed by atoms with Gasteiger partial charge < -0.3 is 33.5 Å². The van der Waals surface area contributed by atoms with Gasteiger partial charge in [-0.3, -0.25) is 0 Å². The van der Waals surface area contributed by atoms with Gasteiger partial charge in [0.1, 0.15) is 23.0 Å². The fourth-order valence-corrected chi connectivity index (χ4v) is 10.1.